The fourth-order valence-corrected chi connectivity index (χ4v) is 3.95. The largest absolute Gasteiger partial charge is 0.420 e. The lowest BCUT2D eigenvalue weighted by molar-refractivity contribution is -0.384. The van der Waals surface area contributed by atoms with E-state index in [1.54, 1.807) is 6.20 Å². The van der Waals surface area contributed by atoms with E-state index < -0.39 is 16.6 Å². The molecule has 0 radical (unpaired) electrons. The molecule has 2 heterocycles. The summed E-state index contributed by atoms with van der Waals surface area (Å²) in [6.45, 7) is -0.316. The van der Waals surface area contributed by atoms with Gasteiger partial charge in [-0.15, -0.1) is 11.3 Å². The van der Waals surface area contributed by atoms with Gasteiger partial charge in [0, 0.05) is 28.6 Å². The molecule has 2 aromatic carbocycles. The Kier molecular flexibility index (Phi) is 5.34. The Balaban J connectivity index is 1.47. The molecule has 11 heteroatoms. The average molecular weight is 445 g/mol. The maximum Gasteiger partial charge on any atom is 0.420 e. The van der Waals surface area contributed by atoms with Gasteiger partial charge in [0.1, 0.15) is 6.54 Å². The summed E-state index contributed by atoms with van der Waals surface area (Å²) in [6, 6.07) is 11.2. The molecule has 0 atom stereocenters. The quantitative estimate of drug-likeness (QED) is 0.356. The zero-order valence-electron chi connectivity index (χ0n) is 15.2. The molecule has 0 fully saturated rings. The number of amides is 1. The van der Waals surface area contributed by atoms with E-state index in [1.165, 1.54) is 23.5 Å². The summed E-state index contributed by atoms with van der Waals surface area (Å²) >= 11 is 7.47. The summed E-state index contributed by atoms with van der Waals surface area (Å²) in [5.74, 6) is -1.25. The summed E-state index contributed by atoms with van der Waals surface area (Å²) in [5.41, 5.74) is 1.07. The monoisotopic (exact) mass is 444 g/mol. The number of anilines is 1. The minimum atomic E-state index is -0.779. The molecule has 30 heavy (non-hydrogen) atoms. The van der Waals surface area contributed by atoms with Crippen LogP contribution in [0.2, 0.25) is 5.02 Å². The van der Waals surface area contributed by atoms with Gasteiger partial charge in [-0.2, -0.15) is 0 Å². The van der Waals surface area contributed by atoms with E-state index in [1.807, 2.05) is 24.3 Å². The SMILES string of the molecule is O=C(Cn1c(=O)oc2cc([N+](=O)[O-])ccc21)Nc1ncc(Cc2ccccc2Cl)s1. The smallest absolute Gasteiger partial charge is 0.407 e. The molecule has 2 aromatic heterocycles. The average Bonchev–Trinajstić information content (AvgIpc) is 3.27. The first-order chi connectivity index (χ1) is 14.4. The van der Waals surface area contributed by atoms with Crippen molar-refractivity contribution in [3.05, 3.63) is 84.8 Å². The van der Waals surface area contributed by atoms with Crippen molar-refractivity contribution in [3.8, 4) is 0 Å². The fourth-order valence-electron chi connectivity index (χ4n) is 2.90. The molecule has 0 saturated carbocycles. The van der Waals surface area contributed by atoms with Gasteiger partial charge < -0.3 is 9.73 Å². The maximum absolute atomic E-state index is 12.4. The van der Waals surface area contributed by atoms with Gasteiger partial charge >= 0.3 is 5.76 Å². The summed E-state index contributed by atoms with van der Waals surface area (Å²) < 4.78 is 6.12. The number of halogens is 1. The Morgan fingerprint density at radius 3 is 2.87 bits per heavy atom. The molecule has 0 aliphatic heterocycles. The highest BCUT2D eigenvalue weighted by Crippen LogP contribution is 2.25. The van der Waals surface area contributed by atoms with Crippen LogP contribution < -0.4 is 11.1 Å². The number of carbonyl (C=O) groups is 1. The maximum atomic E-state index is 12.4. The van der Waals surface area contributed by atoms with Gasteiger partial charge in [0.2, 0.25) is 5.91 Å². The number of rotatable bonds is 6. The Bertz CT molecular complexity index is 1330. The molecule has 0 aliphatic carbocycles. The van der Waals surface area contributed by atoms with Gasteiger partial charge in [0.25, 0.3) is 5.69 Å². The molecular weight excluding hydrogens is 432 g/mol. The lowest BCUT2D eigenvalue weighted by Gasteiger charge is -2.03. The van der Waals surface area contributed by atoms with Crippen molar-refractivity contribution in [2.24, 2.45) is 0 Å². The van der Waals surface area contributed by atoms with E-state index in [0.29, 0.717) is 22.1 Å². The molecule has 0 bridgehead atoms. The van der Waals surface area contributed by atoms with Gasteiger partial charge in [-0.25, -0.2) is 9.78 Å². The van der Waals surface area contributed by atoms with Crippen molar-refractivity contribution < 1.29 is 14.1 Å². The van der Waals surface area contributed by atoms with Crippen molar-refractivity contribution in [2.75, 3.05) is 5.32 Å². The number of oxazole rings is 1. The third-order valence-electron chi connectivity index (χ3n) is 4.29. The number of nitro benzene ring substituents is 1. The molecule has 1 amide bonds. The first-order valence-electron chi connectivity index (χ1n) is 8.66. The van der Waals surface area contributed by atoms with Crippen LogP contribution in [0.4, 0.5) is 10.8 Å². The minimum absolute atomic E-state index is 0.0401. The number of hydrogen-bond donors (Lipinski definition) is 1. The highest BCUT2D eigenvalue weighted by molar-refractivity contribution is 7.15. The van der Waals surface area contributed by atoms with Crippen molar-refractivity contribution in [2.45, 2.75) is 13.0 Å². The molecule has 1 N–H and O–H groups in total. The van der Waals surface area contributed by atoms with Gasteiger partial charge in [-0.3, -0.25) is 19.5 Å². The number of nitrogens with one attached hydrogen (secondary N) is 1. The van der Waals surface area contributed by atoms with Crippen LogP contribution in [0.5, 0.6) is 0 Å². The summed E-state index contributed by atoms with van der Waals surface area (Å²) in [5, 5.41) is 14.5. The molecular formula is C19H13ClN4O5S. The van der Waals surface area contributed by atoms with Crippen LogP contribution in [0.1, 0.15) is 10.4 Å². The highest BCUT2D eigenvalue weighted by atomic mass is 35.5. The van der Waals surface area contributed by atoms with E-state index in [-0.39, 0.29) is 17.8 Å². The molecule has 0 unspecified atom stereocenters. The predicted molar refractivity (Wildman–Crippen MR) is 112 cm³/mol. The predicted octanol–water partition coefficient (Wildman–Crippen LogP) is 3.84. The fraction of sp³-hybridized carbons (Fsp3) is 0.105. The van der Waals surface area contributed by atoms with E-state index in [9.17, 15) is 19.7 Å². The van der Waals surface area contributed by atoms with Crippen LogP contribution in [0.3, 0.4) is 0 Å². The summed E-state index contributed by atoms with van der Waals surface area (Å²) in [7, 11) is 0. The number of nitrogens with zero attached hydrogens (tertiary/aromatic N) is 3. The molecule has 4 rings (SSSR count). The first-order valence-corrected chi connectivity index (χ1v) is 9.86. The Labute approximate surface area is 177 Å². The van der Waals surface area contributed by atoms with Crippen molar-refractivity contribution in [1.82, 2.24) is 9.55 Å². The van der Waals surface area contributed by atoms with E-state index >= 15 is 0 Å². The van der Waals surface area contributed by atoms with Crippen LogP contribution in [0.25, 0.3) is 11.1 Å². The number of fused-ring (bicyclic) bond motifs is 1. The number of aromatic nitrogens is 2. The van der Waals surface area contributed by atoms with Gasteiger partial charge in [0.05, 0.1) is 16.5 Å². The number of thiazole rings is 1. The second kappa shape index (κ2) is 8.09. The second-order valence-corrected chi connectivity index (χ2v) is 7.83. The van der Waals surface area contributed by atoms with Gasteiger partial charge in [-0.1, -0.05) is 29.8 Å². The topological polar surface area (TPSA) is 120 Å². The van der Waals surface area contributed by atoms with Crippen LogP contribution >= 0.6 is 22.9 Å². The lowest BCUT2D eigenvalue weighted by atomic mass is 10.1. The molecule has 9 nitrogen and oxygen atoms in total. The zero-order chi connectivity index (χ0) is 21.3. The number of hydrogen-bond acceptors (Lipinski definition) is 7. The highest BCUT2D eigenvalue weighted by Gasteiger charge is 2.17. The Morgan fingerprint density at radius 1 is 1.30 bits per heavy atom. The molecule has 152 valence electrons. The summed E-state index contributed by atoms with van der Waals surface area (Å²) in [4.78, 5) is 39.8. The Hall–Kier alpha value is -3.50. The second-order valence-electron chi connectivity index (χ2n) is 6.31. The van der Waals surface area contributed by atoms with E-state index in [4.69, 9.17) is 16.0 Å². The van der Waals surface area contributed by atoms with Gasteiger partial charge in [0.15, 0.2) is 10.7 Å². The van der Waals surface area contributed by atoms with Crippen LogP contribution in [-0.2, 0) is 17.8 Å². The number of carbonyl (C=O) groups excluding carboxylic acids is 1. The third-order valence-corrected chi connectivity index (χ3v) is 5.57. The Morgan fingerprint density at radius 2 is 2.10 bits per heavy atom. The molecule has 0 saturated heterocycles. The molecule has 0 aliphatic rings. The van der Waals surface area contributed by atoms with Crippen LogP contribution in [0, 0.1) is 10.1 Å². The van der Waals surface area contributed by atoms with Crippen molar-refractivity contribution >= 4 is 50.8 Å². The van der Waals surface area contributed by atoms with Crippen LogP contribution in [0.15, 0.2) is 57.9 Å². The number of benzene rings is 2. The van der Waals surface area contributed by atoms with Crippen molar-refractivity contribution in [1.29, 1.82) is 0 Å². The van der Waals surface area contributed by atoms with E-state index in [2.05, 4.69) is 10.3 Å². The zero-order valence-corrected chi connectivity index (χ0v) is 16.8. The standard InChI is InChI=1S/C19H13ClN4O5S/c20-14-4-2-1-3-11(14)7-13-9-21-18(30-13)22-17(25)10-23-15-6-5-12(24(27)28)8-16(15)29-19(23)26/h1-6,8-9H,7,10H2,(H,21,22,25). The van der Waals surface area contributed by atoms with Gasteiger partial charge in [-0.05, 0) is 17.7 Å². The third kappa shape index (κ3) is 4.09. The van der Waals surface area contributed by atoms with Crippen molar-refractivity contribution in [3.63, 3.8) is 0 Å². The van der Waals surface area contributed by atoms with E-state index in [0.717, 1.165) is 21.1 Å². The van der Waals surface area contributed by atoms with Crippen LogP contribution in [-0.4, -0.2) is 20.4 Å². The minimum Gasteiger partial charge on any atom is -0.407 e. The summed E-state index contributed by atoms with van der Waals surface area (Å²) in [6.07, 6.45) is 2.24. The number of non-ortho nitro benzene ring substituents is 1. The first kappa shape index (κ1) is 19.8. The lowest BCUT2D eigenvalue weighted by Crippen LogP contribution is -2.24. The normalized spacial score (nSPS) is 11.0. The molecule has 4 aromatic rings. The number of nitro groups is 1. The molecule has 0 spiro atoms.